The van der Waals surface area contributed by atoms with Crippen LogP contribution in [0.1, 0.15) is 6.42 Å². The maximum Gasteiger partial charge on any atom is 0.410 e. The van der Waals surface area contributed by atoms with E-state index in [4.69, 9.17) is 9.84 Å². The fourth-order valence-electron chi connectivity index (χ4n) is 1.21. The van der Waals surface area contributed by atoms with Crippen molar-refractivity contribution < 1.29 is 24.2 Å². The molecule has 2 amide bonds. The first-order valence-corrected chi connectivity index (χ1v) is 5.24. The van der Waals surface area contributed by atoms with Gasteiger partial charge in [0.2, 0.25) is 5.91 Å². The zero-order valence-electron chi connectivity index (χ0n) is 10.8. The molecule has 0 aromatic heterocycles. The van der Waals surface area contributed by atoms with E-state index in [1.807, 2.05) is 0 Å². The molecule has 1 N–H and O–H groups in total. The summed E-state index contributed by atoms with van der Waals surface area (Å²) in [6.45, 7) is 3.38. The summed E-state index contributed by atoms with van der Waals surface area (Å²) in [5, 5.41) is 8.76. The molecule has 0 aliphatic rings. The first-order valence-electron chi connectivity index (χ1n) is 5.24. The second-order valence-electron chi connectivity index (χ2n) is 3.82. The normalized spacial score (nSPS) is 11.3. The van der Waals surface area contributed by atoms with E-state index >= 15 is 0 Å². The van der Waals surface area contributed by atoms with Crippen molar-refractivity contribution in [1.82, 2.24) is 9.80 Å². The second-order valence-corrected chi connectivity index (χ2v) is 3.82. The molecule has 0 saturated heterocycles. The highest BCUT2D eigenvalue weighted by molar-refractivity contribution is 5.88. The van der Waals surface area contributed by atoms with Gasteiger partial charge in [-0.1, -0.05) is 12.7 Å². The predicted octanol–water partition coefficient (Wildman–Crippen LogP) is 0.172. The summed E-state index contributed by atoms with van der Waals surface area (Å²) in [4.78, 5) is 36.2. The topological polar surface area (TPSA) is 87.1 Å². The summed E-state index contributed by atoms with van der Waals surface area (Å²) in [5.41, 5.74) is 0. The van der Waals surface area contributed by atoms with Gasteiger partial charge in [0, 0.05) is 21.1 Å². The second kappa shape index (κ2) is 7.31. The van der Waals surface area contributed by atoms with Gasteiger partial charge in [0.05, 0.1) is 6.42 Å². The number of carbonyl (C=O) groups is 3. The van der Waals surface area contributed by atoms with Crippen molar-refractivity contribution >= 4 is 18.0 Å². The van der Waals surface area contributed by atoms with Crippen molar-refractivity contribution in [3.8, 4) is 0 Å². The number of amides is 2. The smallest absolute Gasteiger partial charge is 0.410 e. The number of rotatable bonds is 6. The summed E-state index contributed by atoms with van der Waals surface area (Å²) < 4.78 is 4.75. The van der Waals surface area contributed by atoms with Gasteiger partial charge >= 0.3 is 12.1 Å². The summed E-state index contributed by atoms with van der Waals surface area (Å²) in [7, 11) is 4.29. The molecule has 0 aromatic carbocycles. The van der Waals surface area contributed by atoms with Gasteiger partial charge in [0.15, 0.2) is 0 Å². The molecule has 0 aliphatic heterocycles. The highest BCUT2D eigenvalue weighted by Crippen LogP contribution is 2.07. The summed E-state index contributed by atoms with van der Waals surface area (Å²) >= 11 is 0. The third-order valence-corrected chi connectivity index (χ3v) is 2.17. The van der Waals surface area contributed by atoms with E-state index in [0.29, 0.717) is 0 Å². The van der Waals surface area contributed by atoms with Gasteiger partial charge in [-0.15, -0.1) is 0 Å². The van der Waals surface area contributed by atoms with Gasteiger partial charge in [-0.3, -0.25) is 14.5 Å². The Morgan fingerprint density at radius 3 is 2.28 bits per heavy atom. The van der Waals surface area contributed by atoms with Crippen LogP contribution in [0.5, 0.6) is 0 Å². The van der Waals surface area contributed by atoms with Gasteiger partial charge in [-0.05, 0) is 0 Å². The van der Waals surface area contributed by atoms with E-state index in [-0.39, 0.29) is 6.61 Å². The highest BCUT2D eigenvalue weighted by Gasteiger charge is 2.31. The fraction of sp³-hybridized carbons (Fsp3) is 0.545. The van der Waals surface area contributed by atoms with Gasteiger partial charge in [0.25, 0.3) is 0 Å². The number of likely N-dealkylation sites (N-methyl/N-ethyl adjacent to an activating group) is 2. The summed E-state index contributed by atoms with van der Waals surface area (Å²) in [6.07, 6.45) is 0.138. The van der Waals surface area contributed by atoms with Gasteiger partial charge in [-0.2, -0.15) is 0 Å². The molecule has 0 saturated carbocycles. The van der Waals surface area contributed by atoms with E-state index in [9.17, 15) is 14.4 Å². The van der Waals surface area contributed by atoms with Crippen LogP contribution < -0.4 is 0 Å². The van der Waals surface area contributed by atoms with E-state index in [1.165, 1.54) is 32.1 Å². The summed E-state index contributed by atoms with van der Waals surface area (Å²) in [6, 6.07) is -1.09. The van der Waals surface area contributed by atoms with Gasteiger partial charge in [0.1, 0.15) is 12.6 Å². The zero-order chi connectivity index (χ0) is 14.3. The molecule has 18 heavy (non-hydrogen) atoms. The molecule has 1 unspecified atom stereocenters. The van der Waals surface area contributed by atoms with Gasteiger partial charge in [-0.25, -0.2) is 4.79 Å². The van der Waals surface area contributed by atoms with Crippen molar-refractivity contribution in [1.29, 1.82) is 0 Å². The number of carboxylic acid groups (broad SMARTS) is 1. The maximum absolute atomic E-state index is 11.8. The molecule has 0 aliphatic carbocycles. The standard InChI is InChI=1S/C11H18N2O5/c1-5-6-18-11(17)13(4)8(7-9(14)15)10(16)12(2)3/h5,8H,1,6-7H2,2-4H3,(H,14,15). The molecule has 102 valence electrons. The minimum atomic E-state index is -1.17. The van der Waals surface area contributed by atoms with E-state index in [1.54, 1.807) is 0 Å². The molecule has 0 rings (SSSR count). The maximum atomic E-state index is 11.8. The van der Waals surface area contributed by atoms with Crippen LogP contribution in [0.3, 0.4) is 0 Å². The molecule has 0 aromatic rings. The Morgan fingerprint density at radius 1 is 1.33 bits per heavy atom. The van der Waals surface area contributed by atoms with E-state index in [0.717, 1.165) is 4.90 Å². The predicted molar refractivity (Wildman–Crippen MR) is 64.0 cm³/mol. The lowest BCUT2D eigenvalue weighted by molar-refractivity contribution is -0.143. The first-order chi connectivity index (χ1) is 8.31. The Labute approximate surface area is 106 Å². The lowest BCUT2D eigenvalue weighted by atomic mass is 10.1. The Bertz CT molecular complexity index is 340. The Kier molecular flexibility index (Phi) is 6.48. The third-order valence-electron chi connectivity index (χ3n) is 2.17. The SMILES string of the molecule is C=CCOC(=O)N(C)C(CC(=O)O)C(=O)N(C)C. The molecular weight excluding hydrogens is 240 g/mol. The van der Waals surface area contributed by atoms with Crippen LogP contribution in [0, 0.1) is 0 Å². The minimum absolute atomic E-state index is 0.000873. The number of carboxylic acids is 1. The average Bonchev–Trinajstić information content (AvgIpc) is 2.30. The largest absolute Gasteiger partial charge is 0.481 e. The molecule has 7 nitrogen and oxygen atoms in total. The third kappa shape index (κ3) is 4.86. The molecular formula is C11H18N2O5. The van der Waals surface area contributed by atoms with Gasteiger partial charge < -0.3 is 14.7 Å². The molecule has 0 fully saturated rings. The van der Waals surface area contributed by atoms with Crippen LogP contribution in [0.4, 0.5) is 4.79 Å². The summed E-state index contributed by atoms with van der Waals surface area (Å²) in [5.74, 6) is -1.64. The van der Waals surface area contributed by atoms with Crippen molar-refractivity contribution in [2.45, 2.75) is 12.5 Å². The number of hydrogen-bond acceptors (Lipinski definition) is 4. The number of aliphatic carboxylic acids is 1. The van der Waals surface area contributed by atoms with Crippen LogP contribution >= 0.6 is 0 Å². The minimum Gasteiger partial charge on any atom is -0.481 e. The van der Waals surface area contributed by atoms with Crippen LogP contribution in [-0.4, -0.2) is 66.7 Å². The molecule has 0 radical (unpaired) electrons. The number of nitrogens with zero attached hydrogens (tertiary/aromatic N) is 2. The van der Waals surface area contributed by atoms with Crippen molar-refractivity contribution in [3.63, 3.8) is 0 Å². The van der Waals surface area contributed by atoms with E-state index < -0.39 is 30.4 Å². The average molecular weight is 258 g/mol. The lowest BCUT2D eigenvalue weighted by Gasteiger charge is -2.27. The Hall–Kier alpha value is -2.05. The highest BCUT2D eigenvalue weighted by atomic mass is 16.6. The van der Waals surface area contributed by atoms with Crippen molar-refractivity contribution in [2.24, 2.45) is 0 Å². The van der Waals surface area contributed by atoms with Crippen molar-refractivity contribution in [2.75, 3.05) is 27.7 Å². The molecule has 0 spiro atoms. The molecule has 0 heterocycles. The quantitative estimate of drug-likeness (QED) is 0.686. The lowest BCUT2D eigenvalue weighted by Crippen LogP contribution is -2.48. The fourth-order valence-corrected chi connectivity index (χ4v) is 1.21. The van der Waals surface area contributed by atoms with Crippen LogP contribution in [0.15, 0.2) is 12.7 Å². The zero-order valence-corrected chi connectivity index (χ0v) is 10.8. The van der Waals surface area contributed by atoms with Crippen LogP contribution in [0.2, 0.25) is 0 Å². The molecule has 1 atom stereocenters. The molecule has 7 heteroatoms. The number of carbonyl (C=O) groups excluding carboxylic acids is 2. The first kappa shape index (κ1) is 16.0. The van der Waals surface area contributed by atoms with Crippen LogP contribution in [0.25, 0.3) is 0 Å². The Balaban J connectivity index is 4.83. The van der Waals surface area contributed by atoms with Crippen molar-refractivity contribution in [3.05, 3.63) is 12.7 Å². The molecule has 0 bridgehead atoms. The van der Waals surface area contributed by atoms with E-state index in [2.05, 4.69) is 6.58 Å². The monoisotopic (exact) mass is 258 g/mol. The van der Waals surface area contributed by atoms with Crippen LogP contribution in [-0.2, 0) is 14.3 Å². The number of ether oxygens (including phenoxy) is 1. The Morgan fingerprint density at radius 2 is 1.89 bits per heavy atom. The number of hydrogen-bond donors (Lipinski definition) is 1.